The van der Waals surface area contributed by atoms with E-state index in [1.165, 1.54) is 25.9 Å². The van der Waals surface area contributed by atoms with Crippen LogP contribution in [0.15, 0.2) is 18.2 Å². The van der Waals surface area contributed by atoms with Crippen LogP contribution in [0.1, 0.15) is 30.2 Å². The Labute approximate surface area is 148 Å². The largest absolute Gasteiger partial charge is 0.496 e. The molecule has 2 heterocycles. The van der Waals surface area contributed by atoms with Crippen LogP contribution in [-0.2, 0) is 4.79 Å². The maximum atomic E-state index is 12.4. The summed E-state index contributed by atoms with van der Waals surface area (Å²) in [5.41, 5.74) is 0.972. The van der Waals surface area contributed by atoms with Crippen molar-refractivity contribution in [1.82, 2.24) is 9.80 Å². The second-order valence-electron chi connectivity index (χ2n) is 6.23. The predicted molar refractivity (Wildman–Crippen MR) is 96.7 cm³/mol. The highest BCUT2D eigenvalue weighted by Gasteiger charge is 2.36. The van der Waals surface area contributed by atoms with Crippen LogP contribution in [0, 0.1) is 0 Å². The van der Waals surface area contributed by atoms with Gasteiger partial charge in [-0.1, -0.05) is 6.07 Å². The molecule has 1 unspecified atom stereocenters. The molecule has 0 radical (unpaired) electrons. The SMILES string of the molecule is COc1cccc(OC)c1C1SCC(=O)N1CCCN1CCCC1. The molecule has 0 aromatic heterocycles. The highest BCUT2D eigenvalue weighted by molar-refractivity contribution is 8.00. The summed E-state index contributed by atoms with van der Waals surface area (Å²) in [4.78, 5) is 16.9. The lowest BCUT2D eigenvalue weighted by molar-refractivity contribution is -0.128. The molecule has 132 valence electrons. The van der Waals surface area contributed by atoms with Gasteiger partial charge in [0.05, 0.1) is 25.5 Å². The zero-order valence-corrected chi connectivity index (χ0v) is 15.3. The number of benzene rings is 1. The predicted octanol–water partition coefficient (Wildman–Crippen LogP) is 2.76. The second kappa shape index (κ2) is 8.12. The summed E-state index contributed by atoms with van der Waals surface area (Å²) in [6.07, 6.45) is 3.62. The minimum absolute atomic E-state index is 0.0258. The Hall–Kier alpha value is -1.40. The number of ether oxygens (including phenoxy) is 2. The minimum Gasteiger partial charge on any atom is -0.496 e. The van der Waals surface area contributed by atoms with Gasteiger partial charge in [0.15, 0.2) is 0 Å². The highest BCUT2D eigenvalue weighted by atomic mass is 32.2. The lowest BCUT2D eigenvalue weighted by atomic mass is 10.1. The Morgan fingerprint density at radius 2 is 1.79 bits per heavy atom. The molecule has 1 atom stereocenters. The third-order valence-corrected chi connectivity index (χ3v) is 5.97. The van der Waals surface area contributed by atoms with Crippen molar-refractivity contribution < 1.29 is 14.3 Å². The van der Waals surface area contributed by atoms with Crippen LogP contribution in [0.2, 0.25) is 0 Å². The smallest absolute Gasteiger partial charge is 0.233 e. The van der Waals surface area contributed by atoms with E-state index in [1.54, 1.807) is 26.0 Å². The van der Waals surface area contributed by atoms with Crippen LogP contribution in [0.4, 0.5) is 0 Å². The monoisotopic (exact) mass is 350 g/mol. The molecule has 2 fully saturated rings. The summed E-state index contributed by atoms with van der Waals surface area (Å²) in [6, 6.07) is 5.79. The molecule has 0 N–H and O–H groups in total. The van der Waals surface area contributed by atoms with E-state index >= 15 is 0 Å². The fourth-order valence-corrected chi connectivity index (χ4v) is 4.80. The van der Waals surface area contributed by atoms with E-state index in [9.17, 15) is 4.79 Å². The van der Waals surface area contributed by atoms with E-state index in [0.717, 1.165) is 36.6 Å². The number of carbonyl (C=O) groups is 1. The van der Waals surface area contributed by atoms with E-state index in [0.29, 0.717) is 5.75 Å². The highest BCUT2D eigenvalue weighted by Crippen LogP contribution is 2.46. The number of hydrogen-bond acceptors (Lipinski definition) is 5. The van der Waals surface area contributed by atoms with Gasteiger partial charge >= 0.3 is 0 Å². The first kappa shape index (κ1) is 17.4. The summed E-state index contributed by atoms with van der Waals surface area (Å²) in [5.74, 6) is 2.30. The van der Waals surface area contributed by atoms with Crippen molar-refractivity contribution in [3.63, 3.8) is 0 Å². The number of methoxy groups -OCH3 is 2. The lowest BCUT2D eigenvalue weighted by Crippen LogP contribution is -2.32. The molecular formula is C18H26N2O3S. The van der Waals surface area contributed by atoms with Gasteiger partial charge in [0.1, 0.15) is 16.9 Å². The van der Waals surface area contributed by atoms with Crippen molar-refractivity contribution in [3.8, 4) is 11.5 Å². The van der Waals surface area contributed by atoms with Crippen molar-refractivity contribution >= 4 is 17.7 Å². The average molecular weight is 350 g/mol. The maximum absolute atomic E-state index is 12.4. The van der Waals surface area contributed by atoms with Crippen LogP contribution in [0.25, 0.3) is 0 Å². The number of amides is 1. The molecule has 0 aliphatic carbocycles. The van der Waals surface area contributed by atoms with Crippen LogP contribution in [0.3, 0.4) is 0 Å². The first-order valence-electron chi connectivity index (χ1n) is 8.59. The Balaban J connectivity index is 1.72. The summed E-state index contributed by atoms with van der Waals surface area (Å²) in [6.45, 7) is 4.26. The van der Waals surface area contributed by atoms with E-state index in [4.69, 9.17) is 9.47 Å². The number of likely N-dealkylation sites (tertiary alicyclic amines) is 1. The number of carbonyl (C=O) groups excluding carboxylic acids is 1. The van der Waals surface area contributed by atoms with Crippen LogP contribution < -0.4 is 9.47 Å². The van der Waals surface area contributed by atoms with Crippen LogP contribution >= 0.6 is 11.8 Å². The zero-order valence-electron chi connectivity index (χ0n) is 14.5. The van der Waals surface area contributed by atoms with Gasteiger partial charge in [-0.25, -0.2) is 0 Å². The molecule has 1 aromatic carbocycles. The molecule has 2 aliphatic rings. The number of thioether (sulfide) groups is 1. The Bertz CT molecular complexity index is 553. The molecule has 3 rings (SSSR count). The first-order chi connectivity index (χ1) is 11.7. The van der Waals surface area contributed by atoms with Gasteiger partial charge in [-0.2, -0.15) is 0 Å². The molecule has 2 saturated heterocycles. The molecule has 1 aromatic rings. The van der Waals surface area contributed by atoms with Gasteiger partial charge in [-0.3, -0.25) is 4.79 Å². The average Bonchev–Trinajstić information content (AvgIpc) is 3.25. The summed E-state index contributed by atoms with van der Waals surface area (Å²) < 4.78 is 11.1. The molecule has 24 heavy (non-hydrogen) atoms. The fourth-order valence-electron chi connectivity index (χ4n) is 3.53. The molecule has 1 amide bonds. The molecule has 0 bridgehead atoms. The van der Waals surface area contributed by atoms with E-state index in [1.807, 2.05) is 23.1 Å². The van der Waals surface area contributed by atoms with Gasteiger partial charge in [0.2, 0.25) is 5.91 Å². The molecule has 6 heteroatoms. The van der Waals surface area contributed by atoms with Gasteiger partial charge < -0.3 is 19.3 Å². The summed E-state index contributed by atoms with van der Waals surface area (Å²) in [5, 5.41) is -0.0258. The standard InChI is InChI=1S/C18H26N2O3S/c1-22-14-7-5-8-15(23-2)17(14)18-20(16(21)13-24-18)12-6-11-19-9-3-4-10-19/h5,7-8,18H,3-4,6,9-13H2,1-2H3. The van der Waals surface area contributed by atoms with E-state index in [2.05, 4.69) is 4.90 Å². The fraction of sp³-hybridized carbons (Fsp3) is 0.611. The van der Waals surface area contributed by atoms with Crippen LogP contribution in [-0.4, -0.2) is 61.9 Å². The summed E-state index contributed by atoms with van der Waals surface area (Å²) >= 11 is 1.66. The van der Waals surface area contributed by atoms with E-state index < -0.39 is 0 Å². The van der Waals surface area contributed by atoms with Crippen LogP contribution in [0.5, 0.6) is 11.5 Å². The molecule has 0 saturated carbocycles. The first-order valence-corrected chi connectivity index (χ1v) is 9.63. The molecule has 2 aliphatic heterocycles. The van der Waals surface area contributed by atoms with Crippen molar-refractivity contribution in [2.24, 2.45) is 0 Å². The van der Waals surface area contributed by atoms with Crippen molar-refractivity contribution in [2.75, 3.05) is 46.2 Å². The maximum Gasteiger partial charge on any atom is 0.233 e. The minimum atomic E-state index is -0.0258. The zero-order chi connectivity index (χ0) is 16.9. The Morgan fingerprint density at radius 3 is 2.42 bits per heavy atom. The van der Waals surface area contributed by atoms with Gasteiger partial charge in [-0.05, 0) is 51.0 Å². The topological polar surface area (TPSA) is 42.0 Å². The number of nitrogens with zero attached hydrogens (tertiary/aromatic N) is 2. The summed E-state index contributed by atoms with van der Waals surface area (Å²) in [7, 11) is 3.33. The molecule has 0 spiro atoms. The molecule has 5 nitrogen and oxygen atoms in total. The van der Waals surface area contributed by atoms with Gasteiger partial charge in [0.25, 0.3) is 0 Å². The lowest BCUT2D eigenvalue weighted by Gasteiger charge is -2.27. The Morgan fingerprint density at radius 1 is 1.12 bits per heavy atom. The third-order valence-electron chi connectivity index (χ3n) is 4.75. The molecular weight excluding hydrogens is 324 g/mol. The van der Waals surface area contributed by atoms with Crippen molar-refractivity contribution in [2.45, 2.75) is 24.6 Å². The van der Waals surface area contributed by atoms with E-state index in [-0.39, 0.29) is 11.3 Å². The third kappa shape index (κ3) is 3.64. The van der Waals surface area contributed by atoms with Crippen molar-refractivity contribution in [1.29, 1.82) is 0 Å². The number of hydrogen-bond donors (Lipinski definition) is 0. The quantitative estimate of drug-likeness (QED) is 0.756. The van der Waals surface area contributed by atoms with Gasteiger partial charge in [-0.15, -0.1) is 11.8 Å². The van der Waals surface area contributed by atoms with Gasteiger partial charge in [0, 0.05) is 6.54 Å². The Kier molecular flexibility index (Phi) is 5.89. The normalized spacial score (nSPS) is 21.5. The number of rotatable bonds is 7. The second-order valence-corrected chi connectivity index (χ2v) is 7.30. The van der Waals surface area contributed by atoms with Crippen molar-refractivity contribution in [3.05, 3.63) is 23.8 Å².